The Bertz CT molecular complexity index is 695. The molecule has 0 saturated carbocycles. The van der Waals surface area contributed by atoms with Crippen LogP contribution >= 0.6 is 22.6 Å². The van der Waals surface area contributed by atoms with Crippen molar-refractivity contribution in [3.8, 4) is 11.5 Å². The van der Waals surface area contributed by atoms with E-state index in [1.807, 2.05) is 24.3 Å². The van der Waals surface area contributed by atoms with E-state index < -0.39 is 0 Å². The molecule has 0 fully saturated rings. The van der Waals surface area contributed by atoms with E-state index in [1.165, 1.54) is 0 Å². The number of nitrogen functional groups attached to an aromatic ring is 1. The first-order chi connectivity index (χ1) is 10.6. The van der Waals surface area contributed by atoms with Crippen LogP contribution in [-0.2, 0) is 6.54 Å². The van der Waals surface area contributed by atoms with Crippen LogP contribution in [0.3, 0.4) is 0 Å². The molecule has 1 aromatic carbocycles. The van der Waals surface area contributed by atoms with Gasteiger partial charge in [-0.1, -0.05) is 28.7 Å². The highest BCUT2D eigenvalue weighted by atomic mass is 127. The number of ether oxygens (including phenoxy) is 2. The first-order valence-electron chi connectivity index (χ1n) is 6.76. The van der Waals surface area contributed by atoms with Crippen molar-refractivity contribution in [1.82, 2.24) is 9.99 Å². The van der Waals surface area contributed by atoms with Gasteiger partial charge in [0.15, 0.2) is 0 Å². The summed E-state index contributed by atoms with van der Waals surface area (Å²) in [7, 11) is 3.30. The third-order valence-corrected chi connectivity index (χ3v) is 4.93. The molecule has 0 bridgehead atoms. The molecule has 6 nitrogen and oxygen atoms in total. The van der Waals surface area contributed by atoms with Crippen molar-refractivity contribution in [2.45, 2.75) is 10.6 Å². The Morgan fingerprint density at radius 2 is 2.14 bits per heavy atom. The number of nitrogens with two attached hydrogens (primary N) is 1. The molecule has 2 aromatic rings. The van der Waals surface area contributed by atoms with Gasteiger partial charge in [-0.05, 0) is 12.1 Å². The number of hydrazine groups is 1. The van der Waals surface area contributed by atoms with Crippen molar-refractivity contribution >= 4 is 34.1 Å². The summed E-state index contributed by atoms with van der Waals surface area (Å²) in [5, 5.41) is 2.10. The van der Waals surface area contributed by atoms with Gasteiger partial charge >= 0.3 is 0 Å². The van der Waals surface area contributed by atoms with Crippen LogP contribution in [0, 0.1) is 0 Å². The van der Waals surface area contributed by atoms with Gasteiger partial charge in [-0.3, -0.25) is 0 Å². The predicted octanol–water partition coefficient (Wildman–Crippen LogP) is 2.96. The summed E-state index contributed by atoms with van der Waals surface area (Å²) in [6.07, 6.45) is 1.71. The molecule has 116 valence electrons. The molecule has 1 atom stereocenters. The van der Waals surface area contributed by atoms with Gasteiger partial charge in [-0.2, -0.15) is 0 Å². The number of pyridine rings is 1. The van der Waals surface area contributed by atoms with E-state index in [0.29, 0.717) is 12.4 Å². The van der Waals surface area contributed by atoms with Crippen molar-refractivity contribution in [1.29, 1.82) is 0 Å². The van der Waals surface area contributed by atoms with Crippen LogP contribution in [0.4, 0.5) is 11.5 Å². The van der Waals surface area contributed by atoms with E-state index in [0.717, 1.165) is 28.3 Å². The zero-order valence-corrected chi connectivity index (χ0v) is 14.5. The van der Waals surface area contributed by atoms with Crippen LogP contribution < -0.4 is 20.6 Å². The highest BCUT2D eigenvalue weighted by Gasteiger charge is 2.30. The summed E-state index contributed by atoms with van der Waals surface area (Å²) >= 11 is 2.35. The smallest absolute Gasteiger partial charge is 0.131 e. The third kappa shape index (κ3) is 2.66. The van der Waals surface area contributed by atoms with Crippen molar-refractivity contribution in [2.24, 2.45) is 0 Å². The molecule has 0 saturated heterocycles. The van der Waals surface area contributed by atoms with Crippen molar-refractivity contribution in [2.75, 3.05) is 25.4 Å². The number of anilines is 2. The van der Waals surface area contributed by atoms with E-state index in [2.05, 4.69) is 38.0 Å². The zero-order valence-electron chi connectivity index (χ0n) is 12.3. The molecule has 2 heterocycles. The molecular formula is C15H17IN4O2. The van der Waals surface area contributed by atoms with E-state index >= 15 is 0 Å². The van der Waals surface area contributed by atoms with Crippen molar-refractivity contribution < 1.29 is 9.47 Å². The third-order valence-electron chi connectivity index (χ3n) is 3.63. The molecule has 3 N–H and O–H groups in total. The summed E-state index contributed by atoms with van der Waals surface area (Å²) in [5.74, 6) is 2.14. The van der Waals surface area contributed by atoms with Gasteiger partial charge in [0.1, 0.15) is 21.4 Å². The molecule has 22 heavy (non-hydrogen) atoms. The first kappa shape index (κ1) is 15.2. The number of benzene rings is 1. The fraction of sp³-hybridized carbons (Fsp3) is 0.267. The largest absolute Gasteiger partial charge is 0.497 e. The van der Waals surface area contributed by atoms with Crippen molar-refractivity contribution in [3.05, 3.63) is 41.6 Å². The number of hydrogen-bond donors (Lipinski definition) is 2. The standard InChI is InChI=1S/C15H17IN4O2/c1-21-10-4-3-9(12(7-10)22-2)8-20-14(16)13-11(19-20)5-6-18-15(13)17/h3-7,14,19H,8H2,1-2H3,(H2,17,18). The van der Waals surface area contributed by atoms with E-state index in [-0.39, 0.29) is 4.05 Å². The second-order valence-electron chi connectivity index (χ2n) is 4.91. The molecule has 0 radical (unpaired) electrons. The summed E-state index contributed by atoms with van der Waals surface area (Å²) in [6.45, 7) is 0.675. The van der Waals surface area contributed by atoms with Crippen LogP contribution in [0.1, 0.15) is 15.2 Å². The van der Waals surface area contributed by atoms with Crippen LogP contribution in [0.5, 0.6) is 11.5 Å². The van der Waals surface area contributed by atoms with Gasteiger partial charge in [0.2, 0.25) is 0 Å². The lowest BCUT2D eigenvalue weighted by Crippen LogP contribution is -2.25. The van der Waals surface area contributed by atoms with E-state index in [9.17, 15) is 0 Å². The van der Waals surface area contributed by atoms with E-state index in [4.69, 9.17) is 15.2 Å². The molecule has 0 amide bonds. The lowest BCUT2D eigenvalue weighted by atomic mass is 10.2. The molecule has 1 aliphatic heterocycles. The number of alkyl halides is 1. The molecule has 1 aromatic heterocycles. The zero-order chi connectivity index (χ0) is 15.7. The number of nitrogens with zero attached hydrogens (tertiary/aromatic N) is 2. The Balaban J connectivity index is 1.85. The Morgan fingerprint density at radius 1 is 1.32 bits per heavy atom. The fourth-order valence-corrected chi connectivity index (χ4v) is 3.48. The molecule has 1 aliphatic rings. The maximum Gasteiger partial charge on any atom is 0.131 e. The number of fused-ring (bicyclic) bond motifs is 1. The Hall–Kier alpha value is -1.74. The molecule has 1 unspecified atom stereocenters. The Kier molecular flexibility index (Phi) is 4.25. The molecule has 7 heteroatoms. The SMILES string of the molecule is COc1ccc(CN2Nc3ccnc(N)c3C2I)c(OC)c1. The van der Waals surface area contributed by atoms with E-state index in [1.54, 1.807) is 20.4 Å². The lowest BCUT2D eigenvalue weighted by Gasteiger charge is -2.22. The minimum absolute atomic E-state index is 0.105. The van der Waals surface area contributed by atoms with Crippen LogP contribution in [-0.4, -0.2) is 24.2 Å². The number of methoxy groups -OCH3 is 2. The van der Waals surface area contributed by atoms with Gasteiger partial charge in [0, 0.05) is 29.9 Å². The number of nitrogens with one attached hydrogen (secondary N) is 1. The van der Waals surface area contributed by atoms with Gasteiger partial charge in [0.25, 0.3) is 0 Å². The number of halogens is 1. The topological polar surface area (TPSA) is 72.6 Å². The average molecular weight is 412 g/mol. The predicted molar refractivity (Wildman–Crippen MR) is 94.1 cm³/mol. The fourth-order valence-electron chi connectivity index (χ4n) is 2.49. The summed E-state index contributed by atoms with van der Waals surface area (Å²) < 4.78 is 10.8. The number of hydrogen-bond acceptors (Lipinski definition) is 6. The minimum Gasteiger partial charge on any atom is -0.497 e. The van der Waals surface area contributed by atoms with Crippen molar-refractivity contribution in [3.63, 3.8) is 0 Å². The summed E-state index contributed by atoms with van der Waals surface area (Å²) in [5.41, 5.74) is 12.5. The summed E-state index contributed by atoms with van der Waals surface area (Å²) in [6, 6.07) is 7.76. The Labute approximate surface area is 142 Å². The molecule has 0 spiro atoms. The van der Waals surface area contributed by atoms with Gasteiger partial charge in [-0.25, -0.2) is 9.99 Å². The molecular weight excluding hydrogens is 395 g/mol. The molecule has 3 rings (SSSR count). The van der Waals surface area contributed by atoms with Crippen LogP contribution in [0.25, 0.3) is 0 Å². The lowest BCUT2D eigenvalue weighted by molar-refractivity contribution is 0.325. The maximum atomic E-state index is 5.99. The number of rotatable bonds is 4. The first-order valence-corrected chi connectivity index (χ1v) is 8.01. The van der Waals surface area contributed by atoms with Gasteiger partial charge in [0.05, 0.1) is 19.9 Å². The average Bonchev–Trinajstić information content (AvgIpc) is 2.85. The maximum absolute atomic E-state index is 5.99. The van der Waals surface area contributed by atoms with Gasteiger partial charge in [-0.15, -0.1) is 0 Å². The van der Waals surface area contributed by atoms with Crippen LogP contribution in [0.2, 0.25) is 0 Å². The summed E-state index contributed by atoms with van der Waals surface area (Å²) in [4.78, 5) is 4.16. The second kappa shape index (κ2) is 6.17. The Morgan fingerprint density at radius 3 is 2.82 bits per heavy atom. The highest BCUT2D eigenvalue weighted by molar-refractivity contribution is 14.1. The van der Waals surface area contributed by atoms with Crippen LogP contribution in [0.15, 0.2) is 30.5 Å². The van der Waals surface area contributed by atoms with Gasteiger partial charge < -0.3 is 20.6 Å². The quantitative estimate of drug-likeness (QED) is 0.457. The normalized spacial score (nSPS) is 17.0. The second-order valence-corrected chi connectivity index (χ2v) is 6.09. The molecule has 0 aliphatic carbocycles. The highest BCUT2D eigenvalue weighted by Crippen LogP contribution is 2.43. The monoisotopic (exact) mass is 412 g/mol. The number of aromatic nitrogens is 1. The minimum atomic E-state index is 0.105.